The molecule has 0 unspecified atom stereocenters. The zero-order chi connectivity index (χ0) is 8.10. The summed E-state index contributed by atoms with van der Waals surface area (Å²) in [6, 6.07) is 9.03. The van der Waals surface area contributed by atoms with Gasteiger partial charge in [0.15, 0.2) is 0 Å². The predicted molar refractivity (Wildman–Crippen MR) is 62.5 cm³/mol. The van der Waals surface area contributed by atoms with Crippen LogP contribution in [0.4, 0.5) is 0 Å². The molecule has 0 saturated carbocycles. The fourth-order valence-electron chi connectivity index (χ4n) is 1.42. The van der Waals surface area contributed by atoms with Crippen LogP contribution in [-0.2, 0) is 6.42 Å². The van der Waals surface area contributed by atoms with E-state index in [4.69, 9.17) is 0 Å². The standard InChI is InChI=1S/C8H16Si3/c1-2-7-5-3-4-6-8(7)10-11-9/h3-6H,2,10-11H2,1,9H3. The van der Waals surface area contributed by atoms with Gasteiger partial charge in [-0.3, -0.25) is 0 Å². The molecule has 0 saturated heterocycles. The van der Waals surface area contributed by atoms with Crippen molar-refractivity contribution in [2.75, 3.05) is 0 Å². The van der Waals surface area contributed by atoms with Crippen LogP contribution in [0, 0.1) is 0 Å². The van der Waals surface area contributed by atoms with E-state index in [0.29, 0.717) is 8.55 Å². The molecule has 60 valence electrons. The number of hydrogen-bond donors (Lipinski definition) is 0. The second-order valence-electron chi connectivity index (χ2n) is 2.87. The van der Waals surface area contributed by atoms with Crippen LogP contribution in [-0.4, -0.2) is 27.4 Å². The molecule has 0 amide bonds. The topological polar surface area (TPSA) is 0 Å². The minimum absolute atomic E-state index is 0.260. The van der Waals surface area contributed by atoms with E-state index in [1.807, 2.05) is 0 Å². The van der Waals surface area contributed by atoms with E-state index in [1.165, 1.54) is 16.2 Å². The Morgan fingerprint density at radius 1 is 1.36 bits per heavy atom. The Balaban J connectivity index is 2.83. The fraction of sp³-hybridized carbons (Fsp3) is 0.250. The van der Waals surface area contributed by atoms with E-state index in [0.717, 1.165) is 0 Å². The molecular weight excluding hydrogens is 180 g/mol. The molecule has 0 nitrogen and oxygen atoms in total. The average Bonchev–Trinajstić information content (AvgIpc) is 2.06. The summed E-state index contributed by atoms with van der Waals surface area (Å²) in [6.45, 7) is 2.27. The predicted octanol–water partition coefficient (Wildman–Crippen LogP) is -1.59. The van der Waals surface area contributed by atoms with Crippen molar-refractivity contribution in [2.24, 2.45) is 0 Å². The van der Waals surface area contributed by atoms with Gasteiger partial charge in [-0.15, -0.1) is 0 Å². The van der Waals surface area contributed by atoms with Crippen molar-refractivity contribution in [3.63, 3.8) is 0 Å². The molecule has 0 spiro atoms. The summed E-state index contributed by atoms with van der Waals surface area (Å²) >= 11 is 0. The molecule has 0 aliphatic carbocycles. The summed E-state index contributed by atoms with van der Waals surface area (Å²) in [4.78, 5) is 0. The van der Waals surface area contributed by atoms with E-state index in [-0.39, 0.29) is 9.04 Å². The third-order valence-corrected chi connectivity index (χ3v) is 11.4. The number of benzene rings is 1. The molecule has 11 heavy (non-hydrogen) atoms. The lowest BCUT2D eigenvalue weighted by Gasteiger charge is -2.03. The first-order valence-electron chi connectivity index (χ1n) is 4.45. The molecule has 0 fully saturated rings. The van der Waals surface area contributed by atoms with Crippen molar-refractivity contribution >= 4 is 32.5 Å². The van der Waals surface area contributed by atoms with Crippen molar-refractivity contribution in [3.05, 3.63) is 29.8 Å². The second-order valence-corrected chi connectivity index (χ2v) is 18.6. The Kier molecular flexibility index (Phi) is 3.82. The van der Waals surface area contributed by atoms with E-state index in [1.54, 1.807) is 10.8 Å². The molecule has 0 aliphatic rings. The maximum absolute atomic E-state index is 2.36. The molecule has 0 radical (unpaired) electrons. The first-order chi connectivity index (χ1) is 5.38. The fourth-order valence-corrected chi connectivity index (χ4v) is 10.9. The third-order valence-electron chi connectivity index (χ3n) is 2.02. The van der Waals surface area contributed by atoms with Crippen molar-refractivity contribution in [1.29, 1.82) is 0 Å². The highest BCUT2D eigenvalue weighted by Crippen LogP contribution is 1.95. The van der Waals surface area contributed by atoms with Crippen molar-refractivity contribution in [2.45, 2.75) is 13.3 Å². The lowest BCUT2D eigenvalue weighted by Crippen LogP contribution is -2.24. The van der Waals surface area contributed by atoms with Crippen molar-refractivity contribution in [1.82, 2.24) is 0 Å². The Morgan fingerprint density at radius 2 is 2.09 bits per heavy atom. The van der Waals surface area contributed by atoms with Crippen LogP contribution in [0.3, 0.4) is 0 Å². The SMILES string of the molecule is CCc1ccccc1[SiH2][SiH2][SiH3]. The van der Waals surface area contributed by atoms with E-state index in [9.17, 15) is 0 Å². The van der Waals surface area contributed by atoms with Crippen molar-refractivity contribution < 1.29 is 0 Å². The maximum Gasteiger partial charge on any atom is 0.0392 e. The van der Waals surface area contributed by atoms with Crippen LogP contribution in [0.5, 0.6) is 0 Å². The second kappa shape index (κ2) is 4.69. The normalized spacial score (nSPS) is 12.5. The van der Waals surface area contributed by atoms with Gasteiger partial charge >= 0.3 is 0 Å². The van der Waals surface area contributed by atoms with Crippen LogP contribution < -0.4 is 5.19 Å². The lowest BCUT2D eigenvalue weighted by atomic mass is 10.2. The van der Waals surface area contributed by atoms with Crippen molar-refractivity contribution in [3.8, 4) is 0 Å². The summed E-state index contributed by atoms with van der Waals surface area (Å²) in [5.74, 6) is 0. The summed E-state index contributed by atoms with van der Waals surface area (Å²) in [6.07, 6.45) is 1.24. The molecular formula is C8H16Si3. The Bertz CT molecular complexity index is 222. The van der Waals surface area contributed by atoms with E-state index in [2.05, 4.69) is 31.2 Å². The first-order valence-corrected chi connectivity index (χ1v) is 14.8. The van der Waals surface area contributed by atoms with Gasteiger partial charge in [-0.05, 0) is 24.7 Å². The Labute approximate surface area is 76.1 Å². The van der Waals surface area contributed by atoms with Crippen LogP contribution in [0.1, 0.15) is 12.5 Å². The Hall–Kier alpha value is -0.129. The summed E-state index contributed by atoms with van der Waals surface area (Å²) < 4.78 is 0. The van der Waals surface area contributed by atoms with Gasteiger partial charge in [-0.2, -0.15) is 0 Å². The molecule has 1 aromatic rings. The van der Waals surface area contributed by atoms with Gasteiger partial charge in [0.05, 0.1) is 0 Å². The maximum atomic E-state index is 2.36. The van der Waals surface area contributed by atoms with Crippen LogP contribution >= 0.6 is 0 Å². The third kappa shape index (κ3) is 2.43. The molecule has 0 aliphatic heterocycles. The van der Waals surface area contributed by atoms with Gasteiger partial charge in [0.1, 0.15) is 0 Å². The monoisotopic (exact) mass is 196 g/mol. The minimum Gasteiger partial charge on any atom is -0.0673 e. The Morgan fingerprint density at radius 3 is 2.73 bits per heavy atom. The van der Waals surface area contributed by atoms with E-state index >= 15 is 0 Å². The molecule has 0 N–H and O–H groups in total. The molecule has 0 heterocycles. The molecule has 0 aromatic heterocycles. The number of aryl methyl sites for hydroxylation is 1. The van der Waals surface area contributed by atoms with Crippen LogP contribution in [0.15, 0.2) is 24.3 Å². The smallest absolute Gasteiger partial charge is 0.0392 e. The lowest BCUT2D eigenvalue weighted by molar-refractivity contribution is 1.15. The zero-order valence-corrected chi connectivity index (χ0v) is 12.3. The van der Waals surface area contributed by atoms with E-state index < -0.39 is 0 Å². The van der Waals surface area contributed by atoms with Crippen LogP contribution in [0.2, 0.25) is 0 Å². The minimum atomic E-state index is 0.260. The highest BCUT2D eigenvalue weighted by atomic mass is 29.5. The molecule has 1 aromatic carbocycles. The largest absolute Gasteiger partial charge is 0.0673 e. The summed E-state index contributed by atoms with van der Waals surface area (Å²) in [7, 11) is 2.25. The highest BCUT2D eigenvalue weighted by Gasteiger charge is 1.96. The van der Waals surface area contributed by atoms with Gasteiger partial charge in [0.25, 0.3) is 0 Å². The van der Waals surface area contributed by atoms with Crippen LogP contribution in [0.25, 0.3) is 0 Å². The quantitative estimate of drug-likeness (QED) is 0.512. The first kappa shape index (κ1) is 8.96. The molecule has 1 rings (SSSR count). The van der Waals surface area contributed by atoms with Gasteiger partial charge in [-0.25, -0.2) is 0 Å². The average molecular weight is 196 g/mol. The number of rotatable bonds is 3. The summed E-state index contributed by atoms with van der Waals surface area (Å²) in [5, 5.41) is 1.76. The molecule has 0 atom stereocenters. The highest BCUT2D eigenvalue weighted by molar-refractivity contribution is 7.27. The summed E-state index contributed by atoms with van der Waals surface area (Å²) in [5.41, 5.74) is 1.63. The van der Waals surface area contributed by atoms with Gasteiger partial charge in [-0.1, -0.05) is 41.9 Å². The van der Waals surface area contributed by atoms with Gasteiger partial charge in [0.2, 0.25) is 0 Å². The zero-order valence-electron chi connectivity index (χ0n) is 7.43. The molecule has 0 bridgehead atoms. The van der Waals surface area contributed by atoms with Gasteiger partial charge < -0.3 is 0 Å². The van der Waals surface area contributed by atoms with Gasteiger partial charge in [0, 0.05) is 9.04 Å². The molecule has 3 heteroatoms. The number of hydrogen-bond acceptors (Lipinski definition) is 0.